The first-order valence-electron chi connectivity index (χ1n) is 11.6. The van der Waals surface area contributed by atoms with Crippen molar-refractivity contribution in [2.45, 2.75) is 45.1 Å². The van der Waals surface area contributed by atoms with Gasteiger partial charge in [0.05, 0.1) is 0 Å². The van der Waals surface area contributed by atoms with Gasteiger partial charge in [-0.1, -0.05) is 59.6 Å². The lowest BCUT2D eigenvalue weighted by atomic mass is 9.77. The fraction of sp³-hybridized carbons (Fsp3) is 0.241. The quantitative estimate of drug-likeness (QED) is 0.413. The standard InChI is InChI=1S/C29H26ClNO3/c1-19-9-13-22(14-10-19)31-26-7-4-8-27(32)29(26)24(17-28(31)33)20-11-15-23(16-12-20)34-18-21-5-2-3-6-25(21)30/h2-3,5-6,9-16,24H,4,7-8,17-18H2,1H3. The molecule has 5 heteroatoms. The Morgan fingerprint density at radius 1 is 0.941 bits per heavy atom. The Morgan fingerprint density at radius 3 is 2.41 bits per heavy atom. The summed E-state index contributed by atoms with van der Waals surface area (Å²) < 4.78 is 5.91. The normalized spacial score (nSPS) is 18.2. The van der Waals surface area contributed by atoms with Gasteiger partial charge in [-0.05, 0) is 55.7 Å². The fourth-order valence-corrected chi connectivity index (χ4v) is 5.03. The monoisotopic (exact) mass is 471 g/mol. The molecule has 1 amide bonds. The van der Waals surface area contributed by atoms with Crippen LogP contribution < -0.4 is 9.64 Å². The first kappa shape index (κ1) is 22.4. The van der Waals surface area contributed by atoms with Gasteiger partial charge >= 0.3 is 0 Å². The number of hydrogen-bond acceptors (Lipinski definition) is 3. The number of nitrogens with zero attached hydrogens (tertiary/aromatic N) is 1. The molecule has 0 fully saturated rings. The number of rotatable bonds is 5. The Bertz CT molecular complexity index is 1260. The molecule has 3 aromatic rings. The molecular weight excluding hydrogens is 446 g/mol. The average Bonchev–Trinajstić information content (AvgIpc) is 2.84. The van der Waals surface area contributed by atoms with Crippen LogP contribution in [0.3, 0.4) is 0 Å². The van der Waals surface area contributed by atoms with Crippen LogP contribution in [0.25, 0.3) is 0 Å². The molecule has 0 saturated heterocycles. The highest BCUT2D eigenvalue weighted by Gasteiger charge is 2.39. The number of ether oxygens (including phenoxy) is 1. The summed E-state index contributed by atoms with van der Waals surface area (Å²) in [6, 6.07) is 23.3. The molecule has 0 aromatic heterocycles. The number of benzene rings is 3. The second-order valence-electron chi connectivity index (χ2n) is 8.91. The van der Waals surface area contributed by atoms with Gasteiger partial charge < -0.3 is 4.74 Å². The number of aryl methyl sites for hydroxylation is 1. The lowest BCUT2D eigenvalue weighted by molar-refractivity contribution is -0.119. The van der Waals surface area contributed by atoms with E-state index in [2.05, 4.69) is 0 Å². The molecule has 4 nitrogen and oxygen atoms in total. The molecule has 2 aliphatic rings. The van der Waals surface area contributed by atoms with E-state index < -0.39 is 0 Å². The van der Waals surface area contributed by atoms with Crippen LogP contribution in [0.4, 0.5) is 5.69 Å². The molecule has 1 atom stereocenters. The molecule has 1 unspecified atom stereocenters. The van der Waals surface area contributed by atoms with Gasteiger partial charge in [0, 0.05) is 46.3 Å². The maximum atomic E-state index is 13.3. The summed E-state index contributed by atoms with van der Waals surface area (Å²) in [5.41, 5.74) is 5.50. The molecule has 1 aliphatic heterocycles. The zero-order chi connectivity index (χ0) is 23.7. The lowest BCUT2D eigenvalue weighted by Gasteiger charge is -2.38. The Morgan fingerprint density at radius 2 is 1.68 bits per heavy atom. The van der Waals surface area contributed by atoms with E-state index in [0.29, 0.717) is 18.1 Å². The second kappa shape index (κ2) is 9.47. The van der Waals surface area contributed by atoms with Crippen LogP contribution in [0.1, 0.15) is 48.3 Å². The van der Waals surface area contributed by atoms with Gasteiger partial charge in [0.25, 0.3) is 0 Å². The number of carbonyl (C=O) groups excluding carboxylic acids is 2. The van der Waals surface area contributed by atoms with Gasteiger partial charge in [0.2, 0.25) is 5.91 Å². The minimum absolute atomic E-state index is 0.0290. The summed E-state index contributed by atoms with van der Waals surface area (Å²) in [6.07, 6.45) is 2.31. The number of allylic oxidation sites excluding steroid dienone is 2. The van der Waals surface area contributed by atoms with E-state index in [0.717, 1.165) is 52.2 Å². The molecule has 0 bridgehead atoms. The van der Waals surface area contributed by atoms with Crippen molar-refractivity contribution in [1.29, 1.82) is 0 Å². The Hall–Kier alpha value is -3.37. The molecule has 0 spiro atoms. The Balaban J connectivity index is 1.42. The van der Waals surface area contributed by atoms with Crippen LogP contribution >= 0.6 is 11.6 Å². The van der Waals surface area contributed by atoms with Gasteiger partial charge in [0.15, 0.2) is 5.78 Å². The van der Waals surface area contributed by atoms with Crippen LogP contribution in [0.5, 0.6) is 5.75 Å². The minimum Gasteiger partial charge on any atom is -0.489 e. The molecule has 172 valence electrons. The van der Waals surface area contributed by atoms with Crippen molar-refractivity contribution in [3.8, 4) is 5.75 Å². The van der Waals surface area contributed by atoms with Crippen molar-refractivity contribution in [1.82, 2.24) is 0 Å². The summed E-state index contributed by atoms with van der Waals surface area (Å²) in [5.74, 6) is 0.669. The van der Waals surface area contributed by atoms with E-state index in [1.54, 1.807) is 4.90 Å². The number of carbonyl (C=O) groups is 2. The smallest absolute Gasteiger partial charge is 0.232 e. The molecule has 0 N–H and O–H groups in total. The maximum absolute atomic E-state index is 13.3. The summed E-state index contributed by atoms with van der Waals surface area (Å²) in [6.45, 7) is 2.40. The SMILES string of the molecule is Cc1ccc(N2C(=O)CC(c3ccc(OCc4ccccc4Cl)cc3)C3=C2CCCC3=O)cc1. The molecule has 3 aromatic carbocycles. The number of amides is 1. The predicted octanol–water partition coefficient (Wildman–Crippen LogP) is 6.76. The van der Waals surface area contributed by atoms with E-state index >= 15 is 0 Å². The number of Topliss-reactive ketones (excluding diaryl/α,β-unsaturated/α-hetero) is 1. The zero-order valence-electron chi connectivity index (χ0n) is 19.1. The highest BCUT2D eigenvalue weighted by atomic mass is 35.5. The maximum Gasteiger partial charge on any atom is 0.232 e. The van der Waals surface area contributed by atoms with E-state index in [4.69, 9.17) is 16.3 Å². The van der Waals surface area contributed by atoms with E-state index in [9.17, 15) is 9.59 Å². The third kappa shape index (κ3) is 4.38. The first-order valence-corrected chi connectivity index (χ1v) is 12.0. The molecule has 1 heterocycles. The number of halogens is 1. The van der Waals surface area contributed by atoms with Gasteiger partial charge in [-0.25, -0.2) is 0 Å². The van der Waals surface area contributed by atoms with Gasteiger partial charge in [-0.3, -0.25) is 14.5 Å². The molecule has 0 radical (unpaired) electrons. The Labute approximate surface area is 204 Å². The summed E-state index contributed by atoms with van der Waals surface area (Å²) >= 11 is 6.22. The zero-order valence-corrected chi connectivity index (χ0v) is 19.8. The second-order valence-corrected chi connectivity index (χ2v) is 9.31. The van der Waals surface area contributed by atoms with Gasteiger partial charge in [0.1, 0.15) is 12.4 Å². The van der Waals surface area contributed by atoms with Crippen molar-refractivity contribution in [2.75, 3.05) is 4.90 Å². The Kier molecular flexibility index (Phi) is 6.25. The van der Waals surface area contributed by atoms with Crippen LogP contribution in [0, 0.1) is 6.92 Å². The van der Waals surface area contributed by atoms with Crippen molar-refractivity contribution >= 4 is 29.0 Å². The van der Waals surface area contributed by atoms with Gasteiger partial charge in [-0.15, -0.1) is 0 Å². The van der Waals surface area contributed by atoms with Crippen molar-refractivity contribution < 1.29 is 14.3 Å². The van der Waals surface area contributed by atoms with Crippen molar-refractivity contribution in [3.05, 3.63) is 106 Å². The highest BCUT2D eigenvalue weighted by molar-refractivity contribution is 6.31. The van der Waals surface area contributed by atoms with Crippen molar-refractivity contribution in [3.63, 3.8) is 0 Å². The summed E-state index contributed by atoms with van der Waals surface area (Å²) in [4.78, 5) is 28.2. The lowest BCUT2D eigenvalue weighted by Crippen LogP contribution is -2.40. The summed E-state index contributed by atoms with van der Waals surface area (Å²) in [7, 11) is 0. The topological polar surface area (TPSA) is 46.6 Å². The van der Waals surface area contributed by atoms with E-state index in [1.165, 1.54) is 0 Å². The largest absolute Gasteiger partial charge is 0.489 e. The number of ketones is 1. The first-order chi connectivity index (χ1) is 16.5. The van der Waals surface area contributed by atoms with Crippen LogP contribution in [0.15, 0.2) is 84.1 Å². The van der Waals surface area contributed by atoms with Gasteiger partial charge in [-0.2, -0.15) is 0 Å². The molecular formula is C29H26ClNO3. The van der Waals surface area contributed by atoms with E-state index in [-0.39, 0.29) is 24.0 Å². The average molecular weight is 472 g/mol. The predicted molar refractivity (Wildman–Crippen MR) is 134 cm³/mol. The van der Waals surface area contributed by atoms with Crippen LogP contribution in [-0.4, -0.2) is 11.7 Å². The van der Waals surface area contributed by atoms with E-state index in [1.807, 2.05) is 79.7 Å². The number of hydrogen-bond donors (Lipinski definition) is 0. The molecule has 5 rings (SSSR count). The molecule has 0 saturated carbocycles. The minimum atomic E-state index is -0.227. The fourth-order valence-electron chi connectivity index (χ4n) is 4.84. The number of anilines is 1. The van der Waals surface area contributed by atoms with Crippen LogP contribution in [-0.2, 0) is 16.2 Å². The van der Waals surface area contributed by atoms with Crippen molar-refractivity contribution in [2.24, 2.45) is 0 Å². The molecule has 1 aliphatic carbocycles. The third-order valence-electron chi connectivity index (χ3n) is 6.60. The highest BCUT2D eigenvalue weighted by Crippen LogP contribution is 2.43. The summed E-state index contributed by atoms with van der Waals surface area (Å²) in [5, 5.41) is 0.674. The third-order valence-corrected chi connectivity index (χ3v) is 6.97. The molecule has 34 heavy (non-hydrogen) atoms. The van der Waals surface area contributed by atoms with Crippen LogP contribution in [0.2, 0.25) is 5.02 Å².